The number of H-pyrrole nitrogens is 1. The number of phenols is 1. The molecule has 1 heterocycles. The number of aromatic amines is 1. The first-order valence-electron chi connectivity index (χ1n) is 7.01. The number of aryl methyl sites for hydroxylation is 1. The molecule has 2 aromatic carbocycles. The minimum absolute atomic E-state index is 0.00265. The van der Waals surface area contributed by atoms with Crippen molar-refractivity contribution in [3.8, 4) is 17.0 Å². The zero-order valence-electron chi connectivity index (χ0n) is 12.6. The predicted molar refractivity (Wildman–Crippen MR) is 86.8 cm³/mol. The Bertz CT molecular complexity index is 906. The number of nitro groups is 1. The maximum absolute atomic E-state index is 14.5. The number of phenolic OH excluding ortho intramolecular Hbond substituents is 1. The first kappa shape index (κ1) is 15.5. The maximum Gasteiger partial charge on any atom is 0.269 e. The molecule has 0 fully saturated rings. The van der Waals surface area contributed by atoms with E-state index in [4.69, 9.17) is 0 Å². The molecular formula is C16H13FN4O3. The molecule has 24 heavy (non-hydrogen) atoms. The van der Waals surface area contributed by atoms with Crippen LogP contribution in [-0.2, 0) is 0 Å². The van der Waals surface area contributed by atoms with Gasteiger partial charge >= 0.3 is 0 Å². The number of benzene rings is 2. The van der Waals surface area contributed by atoms with E-state index in [0.29, 0.717) is 11.3 Å². The van der Waals surface area contributed by atoms with Crippen LogP contribution < -0.4 is 5.32 Å². The minimum Gasteiger partial charge on any atom is -0.508 e. The van der Waals surface area contributed by atoms with Gasteiger partial charge in [0.25, 0.3) is 5.69 Å². The lowest BCUT2D eigenvalue weighted by Gasteiger charge is -2.07. The Labute approximate surface area is 135 Å². The van der Waals surface area contributed by atoms with Crippen molar-refractivity contribution in [1.29, 1.82) is 0 Å². The van der Waals surface area contributed by atoms with Crippen molar-refractivity contribution in [3.63, 3.8) is 0 Å². The fourth-order valence-corrected chi connectivity index (χ4v) is 2.27. The van der Waals surface area contributed by atoms with Crippen LogP contribution >= 0.6 is 0 Å². The van der Waals surface area contributed by atoms with Crippen LogP contribution in [0, 0.1) is 22.9 Å². The summed E-state index contributed by atoms with van der Waals surface area (Å²) < 4.78 is 14.5. The molecule has 0 saturated heterocycles. The molecule has 3 rings (SSSR count). The number of nitro benzene ring substituents is 1. The SMILES string of the molecule is Cc1cc(O)ccc1Nc1n[nH]c(-c2ccc([N+](=O)[O-])cc2)c1F. The van der Waals surface area contributed by atoms with E-state index < -0.39 is 10.7 Å². The molecule has 0 atom stereocenters. The highest BCUT2D eigenvalue weighted by Crippen LogP contribution is 2.29. The van der Waals surface area contributed by atoms with E-state index in [0.717, 1.165) is 5.56 Å². The highest BCUT2D eigenvalue weighted by Gasteiger charge is 2.16. The monoisotopic (exact) mass is 328 g/mol. The second-order valence-corrected chi connectivity index (χ2v) is 5.19. The number of rotatable bonds is 4. The van der Waals surface area contributed by atoms with Crippen LogP contribution in [0.1, 0.15) is 5.56 Å². The number of halogens is 1. The van der Waals surface area contributed by atoms with Gasteiger partial charge in [0.05, 0.1) is 4.92 Å². The van der Waals surface area contributed by atoms with Crippen molar-refractivity contribution in [2.75, 3.05) is 5.32 Å². The number of nitrogens with zero attached hydrogens (tertiary/aromatic N) is 2. The number of aromatic hydroxyl groups is 1. The second kappa shape index (κ2) is 5.99. The number of nitrogens with one attached hydrogen (secondary N) is 2. The third-order valence-electron chi connectivity index (χ3n) is 3.54. The molecule has 122 valence electrons. The molecular weight excluding hydrogens is 315 g/mol. The Hall–Kier alpha value is -3.42. The van der Waals surface area contributed by atoms with E-state index in [1.54, 1.807) is 19.1 Å². The standard InChI is InChI=1S/C16H13FN4O3/c1-9-8-12(22)6-7-13(9)18-16-14(17)15(19-20-16)10-2-4-11(5-3-10)21(23)24/h2-8,22H,1H3,(H2,18,19,20). The van der Waals surface area contributed by atoms with Gasteiger partial charge < -0.3 is 10.4 Å². The zero-order valence-corrected chi connectivity index (χ0v) is 12.6. The summed E-state index contributed by atoms with van der Waals surface area (Å²) in [6.45, 7) is 1.77. The Balaban J connectivity index is 1.89. The van der Waals surface area contributed by atoms with E-state index in [1.807, 2.05) is 0 Å². The predicted octanol–water partition coefficient (Wildman–Crippen LogP) is 3.88. The number of aromatic nitrogens is 2. The number of non-ortho nitro benzene ring substituents is 1. The van der Waals surface area contributed by atoms with Crippen LogP contribution in [0.5, 0.6) is 5.75 Å². The molecule has 1 aromatic heterocycles. The second-order valence-electron chi connectivity index (χ2n) is 5.19. The molecule has 0 aliphatic carbocycles. The van der Waals surface area contributed by atoms with Gasteiger partial charge in [-0.2, -0.15) is 5.10 Å². The van der Waals surface area contributed by atoms with Crippen molar-refractivity contribution < 1.29 is 14.4 Å². The minimum atomic E-state index is -0.601. The van der Waals surface area contributed by atoms with Crippen LogP contribution in [0.15, 0.2) is 42.5 Å². The van der Waals surface area contributed by atoms with Gasteiger partial charge in [0.1, 0.15) is 11.4 Å². The topological polar surface area (TPSA) is 104 Å². The molecule has 3 N–H and O–H groups in total. The molecule has 0 aliphatic heterocycles. The average Bonchev–Trinajstić information content (AvgIpc) is 2.91. The summed E-state index contributed by atoms with van der Waals surface area (Å²) in [5, 5.41) is 29.4. The Morgan fingerprint density at radius 2 is 1.96 bits per heavy atom. The fourth-order valence-electron chi connectivity index (χ4n) is 2.27. The Morgan fingerprint density at radius 1 is 1.25 bits per heavy atom. The summed E-state index contributed by atoms with van der Waals surface area (Å²) in [6.07, 6.45) is 0. The quantitative estimate of drug-likeness (QED) is 0.383. The molecule has 0 radical (unpaired) electrons. The molecule has 3 aromatic rings. The number of anilines is 2. The van der Waals surface area contributed by atoms with E-state index >= 15 is 0 Å². The normalized spacial score (nSPS) is 10.6. The Morgan fingerprint density at radius 3 is 2.58 bits per heavy atom. The van der Waals surface area contributed by atoms with Gasteiger partial charge in [-0.1, -0.05) is 0 Å². The number of hydrogen-bond acceptors (Lipinski definition) is 5. The molecule has 0 amide bonds. The molecule has 0 spiro atoms. The lowest BCUT2D eigenvalue weighted by atomic mass is 10.1. The lowest BCUT2D eigenvalue weighted by Crippen LogP contribution is -1.95. The van der Waals surface area contributed by atoms with Crippen LogP contribution in [0.25, 0.3) is 11.3 Å². The lowest BCUT2D eigenvalue weighted by molar-refractivity contribution is -0.384. The molecule has 7 nitrogen and oxygen atoms in total. The highest BCUT2D eigenvalue weighted by molar-refractivity contribution is 5.69. The summed E-state index contributed by atoms with van der Waals surface area (Å²) >= 11 is 0. The summed E-state index contributed by atoms with van der Waals surface area (Å²) in [7, 11) is 0. The number of hydrogen-bond donors (Lipinski definition) is 3. The highest BCUT2D eigenvalue weighted by atomic mass is 19.1. The van der Waals surface area contributed by atoms with E-state index in [2.05, 4.69) is 15.5 Å². The summed E-state index contributed by atoms with van der Waals surface area (Å²) in [5.41, 5.74) is 1.84. The van der Waals surface area contributed by atoms with Gasteiger partial charge in [-0.15, -0.1) is 0 Å². The Kier molecular flexibility index (Phi) is 3.87. The molecule has 0 unspecified atom stereocenters. The van der Waals surface area contributed by atoms with E-state index in [1.165, 1.54) is 30.3 Å². The van der Waals surface area contributed by atoms with Gasteiger partial charge in [0.15, 0.2) is 11.6 Å². The first-order chi connectivity index (χ1) is 11.5. The van der Waals surface area contributed by atoms with Crippen molar-refractivity contribution >= 4 is 17.2 Å². The zero-order chi connectivity index (χ0) is 17.3. The van der Waals surface area contributed by atoms with Crippen molar-refractivity contribution in [3.05, 3.63) is 64.0 Å². The van der Waals surface area contributed by atoms with Gasteiger partial charge in [-0.3, -0.25) is 15.2 Å². The van der Waals surface area contributed by atoms with Crippen molar-refractivity contribution in [1.82, 2.24) is 10.2 Å². The third kappa shape index (κ3) is 2.89. The van der Waals surface area contributed by atoms with E-state index in [-0.39, 0.29) is 22.9 Å². The van der Waals surface area contributed by atoms with Gasteiger partial charge in [0, 0.05) is 23.4 Å². The smallest absolute Gasteiger partial charge is 0.269 e. The maximum atomic E-state index is 14.5. The van der Waals surface area contributed by atoms with Crippen molar-refractivity contribution in [2.24, 2.45) is 0 Å². The molecule has 0 aliphatic rings. The average molecular weight is 328 g/mol. The largest absolute Gasteiger partial charge is 0.508 e. The van der Waals surface area contributed by atoms with Crippen LogP contribution in [0.2, 0.25) is 0 Å². The van der Waals surface area contributed by atoms with Gasteiger partial charge in [-0.25, -0.2) is 4.39 Å². The van der Waals surface area contributed by atoms with Crippen LogP contribution in [0.3, 0.4) is 0 Å². The van der Waals surface area contributed by atoms with Crippen molar-refractivity contribution in [2.45, 2.75) is 6.92 Å². The molecule has 8 heteroatoms. The van der Waals surface area contributed by atoms with Gasteiger partial charge in [0.2, 0.25) is 0 Å². The van der Waals surface area contributed by atoms with Gasteiger partial charge in [-0.05, 0) is 42.8 Å². The first-order valence-corrected chi connectivity index (χ1v) is 7.01. The molecule has 0 saturated carbocycles. The summed E-state index contributed by atoms with van der Waals surface area (Å²) in [4.78, 5) is 10.1. The fraction of sp³-hybridized carbons (Fsp3) is 0.0625. The summed E-state index contributed by atoms with van der Waals surface area (Å²) in [6, 6.07) is 10.1. The van der Waals surface area contributed by atoms with Crippen LogP contribution in [-0.4, -0.2) is 20.2 Å². The molecule has 0 bridgehead atoms. The summed E-state index contributed by atoms with van der Waals surface area (Å²) in [5.74, 6) is -0.486. The van der Waals surface area contributed by atoms with E-state index in [9.17, 15) is 19.6 Å². The van der Waals surface area contributed by atoms with Crippen LogP contribution in [0.4, 0.5) is 21.6 Å². The third-order valence-corrected chi connectivity index (χ3v) is 3.54.